The zero-order valence-electron chi connectivity index (χ0n) is 24.6. The lowest BCUT2D eigenvalue weighted by atomic mass is 10.0. The van der Waals surface area contributed by atoms with Crippen LogP contribution >= 0.6 is 0 Å². The minimum absolute atomic E-state index is 0.531. The SMILES string of the molecule is COc1cccc(CCc2cc(OC)cc(Oc3cc(CCc4ccc(OC)c(OC)c4)cc(OC)c3OC)c2)c1. The van der Waals surface area contributed by atoms with Crippen LogP contribution < -0.4 is 33.2 Å². The van der Waals surface area contributed by atoms with Gasteiger partial charge < -0.3 is 33.2 Å². The maximum Gasteiger partial charge on any atom is 0.203 e. The van der Waals surface area contributed by atoms with Crippen molar-refractivity contribution in [2.75, 3.05) is 42.7 Å². The van der Waals surface area contributed by atoms with E-state index in [-0.39, 0.29) is 0 Å². The van der Waals surface area contributed by atoms with E-state index in [0.717, 1.165) is 53.9 Å². The first-order valence-electron chi connectivity index (χ1n) is 13.4. The van der Waals surface area contributed by atoms with Gasteiger partial charge in [-0.15, -0.1) is 0 Å². The van der Waals surface area contributed by atoms with Crippen molar-refractivity contribution in [3.05, 3.63) is 95.1 Å². The molecule has 4 rings (SSSR count). The molecule has 0 aromatic heterocycles. The van der Waals surface area contributed by atoms with Crippen LogP contribution in [-0.4, -0.2) is 42.7 Å². The molecule has 0 heterocycles. The highest BCUT2D eigenvalue weighted by atomic mass is 16.5. The van der Waals surface area contributed by atoms with Crippen molar-refractivity contribution in [3.63, 3.8) is 0 Å². The van der Waals surface area contributed by atoms with Crippen molar-refractivity contribution < 1.29 is 33.2 Å². The zero-order chi connectivity index (χ0) is 29.2. The standard InChI is InChI=1S/C34H38O7/c1-35-27-9-7-8-23(16-27)10-12-25-17-28(36-2)22-29(18-25)41-33-21-26(20-32(39-5)34(33)40-6)13-11-24-14-15-30(37-3)31(19-24)38-4/h7-9,14-22H,10-13H2,1-6H3. The van der Waals surface area contributed by atoms with Crippen molar-refractivity contribution in [2.24, 2.45) is 0 Å². The molecule has 0 amide bonds. The van der Waals surface area contributed by atoms with Crippen LogP contribution in [0.15, 0.2) is 72.8 Å². The molecule has 4 aromatic rings. The fourth-order valence-corrected chi connectivity index (χ4v) is 4.72. The summed E-state index contributed by atoms with van der Waals surface area (Å²) in [6.45, 7) is 0. The minimum Gasteiger partial charge on any atom is -0.497 e. The minimum atomic E-state index is 0.531. The van der Waals surface area contributed by atoms with Gasteiger partial charge in [-0.2, -0.15) is 0 Å². The van der Waals surface area contributed by atoms with Gasteiger partial charge in [0, 0.05) is 6.07 Å². The third-order valence-electron chi connectivity index (χ3n) is 6.89. The summed E-state index contributed by atoms with van der Waals surface area (Å²) in [6.07, 6.45) is 3.22. The first-order valence-corrected chi connectivity index (χ1v) is 13.4. The summed E-state index contributed by atoms with van der Waals surface area (Å²) in [7, 11) is 9.85. The summed E-state index contributed by atoms with van der Waals surface area (Å²) in [5, 5.41) is 0. The maximum atomic E-state index is 6.43. The fraction of sp³-hybridized carbons (Fsp3) is 0.294. The molecule has 0 bridgehead atoms. The highest BCUT2D eigenvalue weighted by molar-refractivity contribution is 5.56. The molecule has 0 fully saturated rings. The smallest absolute Gasteiger partial charge is 0.203 e. The normalized spacial score (nSPS) is 10.6. The van der Waals surface area contributed by atoms with E-state index in [1.54, 1.807) is 42.7 Å². The van der Waals surface area contributed by atoms with Gasteiger partial charge >= 0.3 is 0 Å². The Morgan fingerprint density at radius 3 is 1.61 bits per heavy atom. The molecule has 216 valence electrons. The summed E-state index contributed by atoms with van der Waals surface area (Å²) < 4.78 is 39.6. The monoisotopic (exact) mass is 558 g/mol. The van der Waals surface area contributed by atoms with E-state index in [0.29, 0.717) is 34.5 Å². The highest BCUT2D eigenvalue weighted by Gasteiger charge is 2.16. The van der Waals surface area contributed by atoms with E-state index in [9.17, 15) is 0 Å². The Morgan fingerprint density at radius 2 is 0.951 bits per heavy atom. The van der Waals surface area contributed by atoms with Crippen LogP contribution in [0.5, 0.6) is 46.0 Å². The number of methoxy groups -OCH3 is 6. The van der Waals surface area contributed by atoms with Crippen LogP contribution in [-0.2, 0) is 25.7 Å². The van der Waals surface area contributed by atoms with E-state index >= 15 is 0 Å². The third kappa shape index (κ3) is 7.57. The Bertz CT molecular complexity index is 1450. The number of hydrogen-bond acceptors (Lipinski definition) is 7. The summed E-state index contributed by atoms with van der Waals surface area (Å²) in [5.74, 6) is 5.35. The quantitative estimate of drug-likeness (QED) is 0.164. The molecule has 41 heavy (non-hydrogen) atoms. The Balaban J connectivity index is 1.57. The number of ether oxygens (including phenoxy) is 7. The molecule has 7 nitrogen and oxygen atoms in total. The van der Waals surface area contributed by atoms with Crippen LogP contribution in [0.3, 0.4) is 0 Å². The second-order valence-corrected chi connectivity index (χ2v) is 9.49. The lowest BCUT2D eigenvalue weighted by molar-refractivity contribution is 0.335. The Morgan fingerprint density at radius 1 is 0.390 bits per heavy atom. The van der Waals surface area contributed by atoms with Gasteiger partial charge in [-0.1, -0.05) is 18.2 Å². The number of hydrogen-bond donors (Lipinski definition) is 0. The summed E-state index contributed by atoms with van der Waals surface area (Å²) in [6, 6.07) is 24.0. The van der Waals surface area contributed by atoms with Crippen LogP contribution in [0, 0.1) is 0 Å². The molecule has 0 aliphatic heterocycles. The molecule has 0 radical (unpaired) electrons. The van der Waals surface area contributed by atoms with Crippen molar-refractivity contribution in [2.45, 2.75) is 25.7 Å². The second-order valence-electron chi connectivity index (χ2n) is 9.49. The molecule has 0 aliphatic rings. The lowest BCUT2D eigenvalue weighted by Gasteiger charge is -2.17. The van der Waals surface area contributed by atoms with Crippen LogP contribution in [0.25, 0.3) is 0 Å². The number of aryl methyl sites for hydroxylation is 4. The maximum absolute atomic E-state index is 6.43. The van der Waals surface area contributed by atoms with Crippen LogP contribution in [0.4, 0.5) is 0 Å². The van der Waals surface area contributed by atoms with Crippen LogP contribution in [0.2, 0.25) is 0 Å². The van der Waals surface area contributed by atoms with E-state index in [1.807, 2.05) is 60.7 Å². The van der Waals surface area contributed by atoms with E-state index in [4.69, 9.17) is 33.2 Å². The van der Waals surface area contributed by atoms with Crippen molar-refractivity contribution in [1.82, 2.24) is 0 Å². The van der Waals surface area contributed by atoms with E-state index < -0.39 is 0 Å². The van der Waals surface area contributed by atoms with Gasteiger partial charge in [0.1, 0.15) is 17.2 Å². The predicted octanol–water partition coefficient (Wildman–Crippen LogP) is 7.10. The van der Waals surface area contributed by atoms with Gasteiger partial charge in [0.15, 0.2) is 23.0 Å². The van der Waals surface area contributed by atoms with Gasteiger partial charge in [-0.25, -0.2) is 0 Å². The van der Waals surface area contributed by atoms with Gasteiger partial charge in [-0.05, 0) is 96.5 Å². The molecule has 0 N–H and O–H groups in total. The van der Waals surface area contributed by atoms with E-state index in [2.05, 4.69) is 12.1 Å². The molecule has 0 spiro atoms. The fourth-order valence-electron chi connectivity index (χ4n) is 4.72. The zero-order valence-corrected chi connectivity index (χ0v) is 24.6. The third-order valence-corrected chi connectivity index (χ3v) is 6.89. The van der Waals surface area contributed by atoms with Crippen LogP contribution in [0.1, 0.15) is 22.3 Å². The predicted molar refractivity (Wildman–Crippen MR) is 160 cm³/mol. The average molecular weight is 559 g/mol. The number of benzene rings is 4. The van der Waals surface area contributed by atoms with Gasteiger partial charge in [0.25, 0.3) is 0 Å². The molecule has 4 aromatic carbocycles. The van der Waals surface area contributed by atoms with Gasteiger partial charge in [0.2, 0.25) is 5.75 Å². The highest BCUT2D eigenvalue weighted by Crippen LogP contribution is 2.42. The molecule has 0 saturated carbocycles. The van der Waals surface area contributed by atoms with Gasteiger partial charge in [0.05, 0.1) is 42.7 Å². The summed E-state index contributed by atoms with van der Waals surface area (Å²) in [5.41, 5.74) is 4.47. The molecule has 0 unspecified atom stereocenters. The molecule has 0 saturated heterocycles. The summed E-state index contributed by atoms with van der Waals surface area (Å²) in [4.78, 5) is 0. The molecule has 0 atom stereocenters. The Labute approximate surface area is 242 Å². The van der Waals surface area contributed by atoms with Crippen molar-refractivity contribution in [3.8, 4) is 46.0 Å². The molecule has 7 heteroatoms. The van der Waals surface area contributed by atoms with Crippen molar-refractivity contribution >= 4 is 0 Å². The molecular weight excluding hydrogens is 520 g/mol. The topological polar surface area (TPSA) is 64.6 Å². The van der Waals surface area contributed by atoms with E-state index in [1.165, 1.54) is 5.56 Å². The Hall–Kier alpha value is -4.52. The first kappa shape index (κ1) is 29.5. The Kier molecular flexibility index (Phi) is 10.2. The molecule has 0 aliphatic carbocycles. The summed E-state index contributed by atoms with van der Waals surface area (Å²) >= 11 is 0. The van der Waals surface area contributed by atoms with Gasteiger partial charge in [-0.3, -0.25) is 0 Å². The lowest BCUT2D eigenvalue weighted by Crippen LogP contribution is -2.00. The second kappa shape index (κ2) is 14.2. The average Bonchev–Trinajstić information content (AvgIpc) is 3.02. The first-order chi connectivity index (χ1) is 20.0. The largest absolute Gasteiger partial charge is 0.497 e. The molecular formula is C34H38O7. The number of rotatable bonds is 14. The van der Waals surface area contributed by atoms with Crippen molar-refractivity contribution in [1.29, 1.82) is 0 Å².